The summed E-state index contributed by atoms with van der Waals surface area (Å²) in [5, 5.41) is 0. The molecule has 1 atom stereocenters. The topological polar surface area (TPSA) is 46.3 Å². The number of hydrogen-bond acceptors (Lipinski definition) is 3. The molecule has 2 aromatic rings. The number of carbonyl (C=O) groups is 1. The smallest absolute Gasteiger partial charge is 0.263 e. The van der Waals surface area contributed by atoms with Crippen LogP contribution in [-0.4, -0.2) is 30.4 Å². The van der Waals surface area contributed by atoms with Crippen molar-refractivity contribution in [1.82, 2.24) is 4.90 Å². The third-order valence-corrected chi connectivity index (χ3v) is 5.07. The van der Waals surface area contributed by atoms with Crippen LogP contribution in [0.4, 0.5) is 4.39 Å². The molecule has 1 unspecified atom stereocenters. The van der Waals surface area contributed by atoms with E-state index in [4.69, 9.17) is 5.73 Å². The fourth-order valence-corrected chi connectivity index (χ4v) is 3.19. The summed E-state index contributed by atoms with van der Waals surface area (Å²) < 4.78 is 13.0. The average Bonchev–Trinajstić information content (AvgIpc) is 3.01. The number of amides is 1. The second-order valence-corrected chi connectivity index (χ2v) is 7.18. The lowest BCUT2D eigenvalue weighted by atomic mass is 10.0. The quantitative estimate of drug-likeness (QED) is 0.818. The van der Waals surface area contributed by atoms with E-state index in [1.54, 1.807) is 24.1 Å². The summed E-state index contributed by atoms with van der Waals surface area (Å²) in [5.74, 6) is 0.146. The van der Waals surface area contributed by atoms with Crippen LogP contribution in [0.5, 0.6) is 0 Å². The zero-order valence-electron chi connectivity index (χ0n) is 14.2. The minimum Gasteiger partial charge on any atom is -0.341 e. The molecule has 0 spiro atoms. The van der Waals surface area contributed by atoms with E-state index in [-0.39, 0.29) is 30.2 Å². The summed E-state index contributed by atoms with van der Waals surface area (Å²) in [7, 11) is 1.80. The summed E-state index contributed by atoms with van der Waals surface area (Å²) in [6.45, 7) is 4.81. The molecule has 6 heteroatoms. The number of halogens is 2. The van der Waals surface area contributed by atoms with Gasteiger partial charge in [-0.2, -0.15) is 0 Å². The lowest BCUT2D eigenvalue weighted by molar-refractivity contribution is 0.0794. The van der Waals surface area contributed by atoms with Gasteiger partial charge in [-0.3, -0.25) is 4.79 Å². The molecule has 1 aromatic heterocycles. The number of nitrogens with two attached hydrogens (primary N) is 1. The lowest BCUT2D eigenvalue weighted by Crippen LogP contribution is -2.34. The largest absolute Gasteiger partial charge is 0.341 e. The molecule has 132 valence electrons. The molecular weight excluding hydrogens is 347 g/mol. The van der Waals surface area contributed by atoms with Crippen molar-refractivity contribution >= 4 is 29.7 Å². The second kappa shape index (κ2) is 9.16. The highest BCUT2D eigenvalue weighted by Gasteiger charge is 2.16. The standard InChI is InChI=1S/C18H23FN2OS.ClH/c1-12(2)15(20)10-11-21(3)18(22)17-9-8-16(23-17)13-4-6-14(19)7-5-13;/h4-9,12,15H,10-11,20H2,1-3H3;1H. The normalized spacial score (nSPS) is 11.9. The van der Waals surface area contributed by atoms with Crippen molar-refractivity contribution in [2.24, 2.45) is 11.7 Å². The molecule has 1 heterocycles. The van der Waals surface area contributed by atoms with E-state index in [0.717, 1.165) is 16.9 Å². The minimum absolute atomic E-state index is 0. The van der Waals surface area contributed by atoms with E-state index in [9.17, 15) is 9.18 Å². The van der Waals surface area contributed by atoms with Crippen molar-refractivity contribution in [3.63, 3.8) is 0 Å². The molecule has 3 nitrogen and oxygen atoms in total. The third-order valence-electron chi connectivity index (χ3n) is 3.95. The summed E-state index contributed by atoms with van der Waals surface area (Å²) in [6.07, 6.45) is 0.788. The first-order valence-corrected chi connectivity index (χ1v) is 8.57. The van der Waals surface area contributed by atoms with Crippen LogP contribution < -0.4 is 5.73 Å². The van der Waals surface area contributed by atoms with Crippen LogP contribution in [0.3, 0.4) is 0 Å². The molecule has 2 rings (SSSR count). The molecule has 0 aliphatic rings. The molecule has 0 saturated carbocycles. The number of thiophene rings is 1. The van der Waals surface area contributed by atoms with Crippen LogP contribution in [0.15, 0.2) is 36.4 Å². The highest BCUT2D eigenvalue weighted by molar-refractivity contribution is 7.17. The average molecular weight is 371 g/mol. The van der Waals surface area contributed by atoms with E-state index in [2.05, 4.69) is 13.8 Å². The molecule has 24 heavy (non-hydrogen) atoms. The van der Waals surface area contributed by atoms with Gasteiger partial charge in [-0.25, -0.2) is 4.39 Å². The SMILES string of the molecule is CC(C)C(N)CCN(C)C(=O)c1ccc(-c2ccc(F)cc2)s1.Cl. The van der Waals surface area contributed by atoms with E-state index < -0.39 is 0 Å². The van der Waals surface area contributed by atoms with Gasteiger partial charge in [-0.05, 0) is 42.2 Å². The fourth-order valence-electron chi connectivity index (χ4n) is 2.19. The van der Waals surface area contributed by atoms with Crippen molar-refractivity contribution in [2.45, 2.75) is 26.3 Å². The number of rotatable bonds is 6. The van der Waals surface area contributed by atoms with E-state index in [1.807, 2.05) is 12.1 Å². The molecule has 1 aromatic carbocycles. The van der Waals surface area contributed by atoms with Gasteiger partial charge in [-0.1, -0.05) is 26.0 Å². The fraction of sp³-hybridized carbons (Fsp3) is 0.389. The maximum atomic E-state index is 13.0. The highest BCUT2D eigenvalue weighted by atomic mass is 35.5. The third kappa shape index (κ3) is 5.30. The Hall–Kier alpha value is -1.43. The Labute approximate surface area is 153 Å². The zero-order chi connectivity index (χ0) is 17.0. The molecule has 2 N–H and O–H groups in total. The molecule has 0 aliphatic heterocycles. The van der Waals surface area contributed by atoms with Gasteiger partial charge in [0.1, 0.15) is 5.82 Å². The van der Waals surface area contributed by atoms with Gasteiger partial charge in [0.05, 0.1) is 4.88 Å². The number of carbonyl (C=O) groups excluding carboxylic acids is 1. The van der Waals surface area contributed by atoms with Crippen molar-refractivity contribution in [1.29, 1.82) is 0 Å². The first-order chi connectivity index (χ1) is 10.9. The molecule has 1 amide bonds. The Morgan fingerprint density at radius 2 is 1.83 bits per heavy atom. The Kier molecular flexibility index (Phi) is 7.87. The monoisotopic (exact) mass is 370 g/mol. The Morgan fingerprint density at radius 3 is 2.42 bits per heavy atom. The highest BCUT2D eigenvalue weighted by Crippen LogP contribution is 2.28. The predicted molar refractivity (Wildman–Crippen MR) is 101 cm³/mol. The summed E-state index contributed by atoms with van der Waals surface area (Å²) >= 11 is 1.42. The first-order valence-electron chi connectivity index (χ1n) is 7.75. The number of nitrogens with zero attached hydrogens (tertiary/aromatic N) is 1. The lowest BCUT2D eigenvalue weighted by Gasteiger charge is -2.21. The van der Waals surface area contributed by atoms with Gasteiger partial charge in [0, 0.05) is 24.5 Å². The number of benzene rings is 1. The summed E-state index contributed by atoms with van der Waals surface area (Å²) in [5.41, 5.74) is 6.95. The molecule has 0 fully saturated rings. The van der Waals surface area contributed by atoms with Gasteiger partial charge in [-0.15, -0.1) is 23.7 Å². The van der Waals surface area contributed by atoms with Gasteiger partial charge in [0.25, 0.3) is 5.91 Å². The van der Waals surface area contributed by atoms with Crippen LogP contribution in [0.2, 0.25) is 0 Å². The Morgan fingerprint density at radius 1 is 1.21 bits per heavy atom. The van der Waals surface area contributed by atoms with Gasteiger partial charge >= 0.3 is 0 Å². The molecular formula is C18H24ClFN2OS. The molecule has 0 aliphatic carbocycles. The van der Waals surface area contributed by atoms with Crippen LogP contribution in [0.25, 0.3) is 10.4 Å². The van der Waals surface area contributed by atoms with E-state index in [1.165, 1.54) is 23.5 Å². The number of hydrogen-bond donors (Lipinski definition) is 1. The summed E-state index contributed by atoms with van der Waals surface area (Å²) in [4.78, 5) is 15.8. The van der Waals surface area contributed by atoms with Crippen LogP contribution in [-0.2, 0) is 0 Å². The first kappa shape index (κ1) is 20.6. The molecule has 0 saturated heterocycles. The maximum Gasteiger partial charge on any atom is 0.263 e. The maximum absolute atomic E-state index is 13.0. The van der Waals surface area contributed by atoms with Crippen LogP contribution in [0.1, 0.15) is 29.9 Å². The minimum atomic E-state index is -0.261. The Bertz CT molecular complexity index is 657. The molecule has 0 bridgehead atoms. The van der Waals surface area contributed by atoms with E-state index in [0.29, 0.717) is 17.3 Å². The van der Waals surface area contributed by atoms with Gasteiger partial charge < -0.3 is 10.6 Å². The zero-order valence-corrected chi connectivity index (χ0v) is 15.8. The molecule has 0 radical (unpaired) electrons. The predicted octanol–water partition coefficient (Wildman–Crippen LogP) is 4.42. The van der Waals surface area contributed by atoms with Crippen molar-refractivity contribution < 1.29 is 9.18 Å². The van der Waals surface area contributed by atoms with Crippen molar-refractivity contribution in [3.05, 3.63) is 47.1 Å². The van der Waals surface area contributed by atoms with Crippen molar-refractivity contribution in [2.75, 3.05) is 13.6 Å². The van der Waals surface area contributed by atoms with Crippen LogP contribution >= 0.6 is 23.7 Å². The van der Waals surface area contributed by atoms with Gasteiger partial charge in [0.2, 0.25) is 0 Å². The van der Waals surface area contributed by atoms with Crippen LogP contribution in [0, 0.1) is 11.7 Å². The Balaban J connectivity index is 0.00000288. The van der Waals surface area contributed by atoms with E-state index >= 15 is 0 Å². The summed E-state index contributed by atoms with van der Waals surface area (Å²) in [6, 6.07) is 10.1. The second-order valence-electron chi connectivity index (χ2n) is 6.09. The van der Waals surface area contributed by atoms with Crippen molar-refractivity contribution in [3.8, 4) is 10.4 Å². The van der Waals surface area contributed by atoms with Gasteiger partial charge in [0.15, 0.2) is 0 Å².